The Bertz CT molecular complexity index is 975. The first-order chi connectivity index (χ1) is 13.2. The lowest BCUT2D eigenvalue weighted by Crippen LogP contribution is -2.19. The molecule has 9 heteroatoms. The van der Waals surface area contributed by atoms with Gasteiger partial charge in [0, 0.05) is 23.6 Å². The van der Waals surface area contributed by atoms with E-state index in [1.165, 1.54) is 0 Å². The average Bonchev–Trinajstić information content (AvgIpc) is 3.28. The summed E-state index contributed by atoms with van der Waals surface area (Å²) in [5.41, 5.74) is 1.30. The molecule has 0 bridgehead atoms. The number of aromatic nitrogens is 2. The van der Waals surface area contributed by atoms with E-state index in [0.29, 0.717) is 40.6 Å². The van der Waals surface area contributed by atoms with Gasteiger partial charge in [-0.25, -0.2) is 4.79 Å². The lowest BCUT2D eigenvalue weighted by Gasteiger charge is -2.07. The highest BCUT2D eigenvalue weighted by atomic mass is 19.1. The van der Waals surface area contributed by atoms with Crippen LogP contribution in [0.4, 0.5) is 20.7 Å². The first kappa shape index (κ1) is 17.0. The summed E-state index contributed by atoms with van der Waals surface area (Å²) in [6, 6.07) is 9.96. The molecule has 0 saturated carbocycles. The minimum atomic E-state index is -0.453. The smallest absolute Gasteiger partial charge is 0.324 e. The number of ether oxygens (including phenoxy) is 3. The largest absolute Gasteiger partial charge is 0.493 e. The number of halogens is 1. The van der Waals surface area contributed by atoms with E-state index in [9.17, 15) is 9.18 Å². The number of nitrogens with zero attached hydrogens (tertiary/aromatic N) is 1. The van der Waals surface area contributed by atoms with Crippen LogP contribution in [0.5, 0.6) is 17.2 Å². The van der Waals surface area contributed by atoms with Gasteiger partial charge in [-0.15, -0.1) is 0 Å². The Balaban J connectivity index is 1.45. The number of urea groups is 1. The maximum atomic E-state index is 12.3. The Hall–Kier alpha value is -3.49. The minimum Gasteiger partial charge on any atom is -0.493 e. The lowest BCUT2D eigenvalue weighted by atomic mass is 10.2. The summed E-state index contributed by atoms with van der Waals surface area (Å²) in [6.45, 7) is 0.0218. The first-order valence-corrected chi connectivity index (χ1v) is 8.37. The number of rotatable bonds is 6. The van der Waals surface area contributed by atoms with Gasteiger partial charge in [0.15, 0.2) is 17.3 Å². The molecule has 0 radical (unpaired) electrons. The molecular weight excluding hydrogens is 355 g/mol. The summed E-state index contributed by atoms with van der Waals surface area (Å²) in [6.07, 6.45) is 0.326. The van der Waals surface area contributed by atoms with E-state index in [1.54, 1.807) is 36.4 Å². The SMILES string of the molecule is O=C(Nc1ccc2c(c1)OCO2)Nc1n[nH]c2ccc(OCCCF)cc12. The fraction of sp³-hybridized carbons (Fsp3) is 0.222. The van der Waals surface area contributed by atoms with E-state index in [-0.39, 0.29) is 13.4 Å². The lowest BCUT2D eigenvalue weighted by molar-refractivity contribution is 0.174. The molecule has 1 aromatic heterocycles. The Labute approximate surface area is 153 Å². The Morgan fingerprint density at radius 1 is 1.19 bits per heavy atom. The first-order valence-electron chi connectivity index (χ1n) is 8.37. The van der Waals surface area contributed by atoms with Crippen molar-refractivity contribution in [3.63, 3.8) is 0 Å². The highest BCUT2D eigenvalue weighted by Crippen LogP contribution is 2.34. The summed E-state index contributed by atoms with van der Waals surface area (Å²) in [4.78, 5) is 12.3. The van der Waals surface area contributed by atoms with E-state index >= 15 is 0 Å². The van der Waals surface area contributed by atoms with Gasteiger partial charge in [0.1, 0.15) is 5.75 Å². The van der Waals surface area contributed by atoms with E-state index in [0.717, 1.165) is 5.52 Å². The van der Waals surface area contributed by atoms with Gasteiger partial charge in [-0.1, -0.05) is 0 Å². The van der Waals surface area contributed by atoms with Gasteiger partial charge in [0.25, 0.3) is 0 Å². The van der Waals surface area contributed by atoms with Gasteiger partial charge < -0.3 is 19.5 Å². The van der Waals surface area contributed by atoms with Gasteiger partial charge in [-0.2, -0.15) is 5.10 Å². The molecule has 3 aromatic rings. The fourth-order valence-corrected chi connectivity index (χ4v) is 2.67. The van der Waals surface area contributed by atoms with Crippen molar-refractivity contribution in [2.75, 3.05) is 30.7 Å². The molecule has 2 aromatic carbocycles. The third-order valence-electron chi connectivity index (χ3n) is 3.94. The van der Waals surface area contributed by atoms with Crippen molar-refractivity contribution in [3.05, 3.63) is 36.4 Å². The number of amides is 2. The van der Waals surface area contributed by atoms with Crippen molar-refractivity contribution < 1.29 is 23.4 Å². The van der Waals surface area contributed by atoms with Crippen LogP contribution in [0.1, 0.15) is 6.42 Å². The number of benzene rings is 2. The molecule has 1 aliphatic heterocycles. The van der Waals surface area contributed by atoms with Crippen molar-refractivity contribution in [2.24, 2.45) is 0 Å². The Kier molecular flexibility index (Phi) is 4.65. The van der Waals surface area contributed by atoms with Gasteiger partial charge in [0.05, 0.1) is 18.8 Å². The molecule has 27 heavy (non-hydrogen) atoms. The summed E-state index contributed by atoms with van der Waals surface area (Å²) in [7, 11) is 0. The molecule has 0 saturated heterocycles. The van der Waals surface area contributed by atoms with Crippen LogP contribution in [0.15, 0.2) is 36.4 Å². The highest BCUT2D eigenvalue weighted by Gasteiger charge is 2.15. The van der Waals surface area contributed by atoms with Gasteiger partial charge in [0.2, 0.25) is 6.79 Å². The summed E-state index contributed by atoms with van der Waals surface area (Å²) >= 11 is 0. The molecule has 0 spiro atoms. The molecule has 2 heterocycles. The summed E-state index contributed by atoms with van der Waals surface area (Å²) < 4.78 is 28.2. The van der Waals surface area contributed by atoms with Crippen molar-refractivity contribution in [1.82, 2.24) is 10.2 Å². The van der Waals surface area contributed by atoms with Crippen LogP contribution in [-0.2, 0) is 0 Å². The second-order valence-electron chi connectivity index (χ2n) is 5.82. The predicted molar refractivity (Wildman–Crippen MR) is 97.4 cm³/mol. The highest BCUT2D eigenvalue weighted by molar-refractivity contribution is 6.04. The average molecular weight is 372 g/mol. The number of carbonyl (C=O) groups is 1. The van der Waals surface area contributed by atoms with Crippen LogP contribution in [0, 0.1) is 0 Å². The second kappa shape index (κ2) is 7.40. The Morgan fingerprint density at radius 2 is 2.07 bits per heavy atom. The topological polar surface area (TPSA) is 97.5 Å². The number of hydrogen-bond acceptors (Lipinski definition) is 5. The zero-order valence-corrected chi connectivity index (χ0v) is 14.3. The fourth-order valence-electron chi connectivity index (χ4n) is 2.67. The molecule has 0 atom stereocenters. The molecule has 140 valence electrons. The zero-order chi connectivity index (χ0) is 18.6. The quantitative estimate of drug-likeness (QED) is 0.574. The molecule has 0 aliphatic carbocycles. The maximum Gasteiger partial charge on any atom is 0.324 e. The third-order valence-corrected chi connectivity index (χ3v) is 3.94. The summed E-state index contributed by atoms with van der Waals surface area (Å²) in [5.74, 6) is 2.16. The molecule has 3 N–H and O–H groups in total. The zero-order valence-electron chi connectivity index (χ0n) is 14.3. The van der Waals surface area contributed by atoms with E-state index in [1.807, 2.05) is 0 Å². The normalized spacial score (nSPS) is 12.2. The van der Waals surface area contributed by atoms with Crippen molar-refractivity contribution >= 4 is 28.4 Å². The number of carbonyl (C=O) groups excluding carboxylic acids is 1. The molecule has 4 rings (SSSR count). The minimum absolute atomic E-state index is 0.167. The number of H-pyrrole nitrogens is 1. The maximum absolute atomic E-state index is 12.3. The van der Waals surface area contributed by atoms with Gasteiger partial charge >= 0.3 is 6.03 Å². The van der Waals surface area contributed by atoms with Crippen LogP contribution >= 0.6 is 0 Å². The molecular formula is C18H17FN4O4. The Morgan fingerprint density at radius 3 is 2.96 bits per heavy atom. The number of anilines is 2. The van der Waals surface area contributed by atoms with Crippen LogP contribution in [0.2, 0.25) is 0 Å². The summed E-state index contributed by atoms with van der Waals surface area (Å²) in [5, 5.41) is 13.1. The van der Waals surface area contributed by atoms with Crippen LogP contribution in [0.3, 0.4) is 0 Å². The van der Waals surface area contributed by atoms with Crippen LogP contribution in [-0.4, -0.2) is 36.3 Å². The van der Waals surface area contributed by atoms with E-state index < -0.39 is 12.7 Å². The van der Waals surface area contributed by atoms with Gasteiger partial charge in [-0.3, -0.25) is 14.8 Å². The van der Waals surface area contributed by atoms with Crippen molar-refractivity contribution in [2.45, 2.75) is 6.42 Å². The molecule has 0 fully saturated rings. The standard InChI is InChI=1S/C18H17FN4O4/c19-6-1-7-25-12-3-4-14-13(9-12)17(23-22-14)21-18(24)20-11-2-5-15-16(8-11)27-10-26-15/h2-5,8-9H,1,6-7,10H2,(H3,20,21,22,23,24). The number of nitrogens with one attached hydrogen (secondary N) is 3. The van der Waals surface area contributed by atoms with Crippen LogP contribution < -0.4 is 24.8 Å². The predicted octanol–water partition coefficient (Wildman–Crippen LogP) is 3.67. The van der Waals surface area contributed by atoms with Crippen molar-refractivity contribution in [3.8, 4) is 17.2 Å². The molecule has 8 nitrogen and oxygen atoms in total. The van der Waals surface area contributed by atoms with Crippen molar-refractivity contribution in [1.29, 1.82) is 0 Å². The molecule has 1 aliphatic rings. The van der Waals surface area contributed by atoms with Crippen LogP contribution in [0.25, 0.3) is 10.9 Å². The van der Waals surface area contributed by atoms with E-state index in [4.69, 9.17) is 14.2 Å². The van der Waals surface area contributed by atoms with E-state index in [2.05, 4.69) is 20.8 Å². The number of aromatic amines is 1. The molecule has 0 unspecified atom stereocenters. The monoisotopic (exact) mass is 372 g/mol. The number of alkyl halides is 1. The second-order valence-corrected chi connectivity index (χ2v) is 5.82. The third kappa shape index (κ3) is 3.71. The molecule has 2 amide bonds. The number of fused-ring (bicyclic) bond motifs is 2. The van der Waals surface area contributed by atoms with Gasteiger partial charge in [-0.05, 0) is 30.3 Å². The number of hydrogen-bond donors (Lipinski definition) is 3.